The van der Waals surface area contributed by atoms with Gasteiger partial charge in [-0.3, -0.25) is 9.59 Å². The number of nitrogens with one attached hydrogen (secondary N) is 2. The number of methoxy groups -OCH3 is 1. The molecule has 0 radical (unpaired) electrons. The molecular weight excluding hydrogens is 388 g/mol. The van der Waals surface area contributed by atoms with Crippen LogP contribution in [0, 0.1) is 6.92 Å². The SMILES string of the molecule is COc1ccc(Cl)cc1C(=O)Nc1ccccc1C(=O)NCc1ccc(C)cc1. The molecule has 0 fully saturated rings. The third-order valence-corrected chi connectivity index (χ3v) is 4.63. The van der Waals surface area contributed by atoms with Gasteiger partial charge in [0, 0.05) is 11.6 Å². The van der Waals surface area contributed by atoms with Crippen molar-refractivity contribution in [1.29, 1.82) is 0 Å². The number of hydrogen-bond acceptors (Lipinski definition) is 3. The zero-order valence-corrected chi connectivity index (χ0v) is 16.9. The Morgan fingerprint density at radius 1 is 0.931 bits per heavy atom. The molecule has 0 bridgehead atoms. The van der Waals surface area contributed by atoms with E-state index < -0.39 is 5.91 Å². The number of anilines is 1. The number of ether oxygens (including phenoxy) is 1. The Bertz CT molecular complexity index is 1030. The van der Waals surface area contributed by atoms with Crippen molar-refractivity contribution in [3.8, 4) is 5.75 Å². The second-order valence-electron chi connectivity index (χ2n) is 6.51. The molecule has 3 aromatic carbocycles. The first-order chi connectivity index (χ1) is 14.0. The molecule has 0 aliphatic heterocycles. The normalized spacial score (nSPS) is 10.3. The fourth-order valence-corrected chi connectivity index (χ4v) is 2.99. The summed E-state index contributed by atoms with van der Waals surface area (Å²) in [4.78, 5) is 25.4. The number of carbonyl (C=O) groups is 2. The van der Waals surface area contributed by atoms with Crippen LogP contribution >= 0.6 is 11.6 Å². The number of carbonyl (C=O) groups excluding carboxylic acids is 2. The number of benzene rings is 3. The third kappa shape index (κ3) is 5.15. The number of aryl methyl sites for hydroxylation is 1. The Labute approximate surface area is 174 Å². The summed E-state index contributed by atoms with van der Waals surface area (Å²) in [6.07, 6.45) is 0. The lowest BCUT2D eigenvalue weighted by Crippen LogP contribution is -2.25. The first-order valence-electron chi connectivity index (χ1n) is 9.05. The van der Waals surface area contributed by atoms with Crippen LogP contribution in [-0.4, -0.2) is 18.9 Å². The van der Waals surface area contributed by atoms with Gasteiger partial charge in [-0.15, -0.1) is 0 Å². The highest BCUT2D eigenvalue weighted by Crippen LogP contribution is 2.24. The van der Waals surface area contributed by atoms with Crippen molar-refractivity contribution in [2.75, 3.05) is 12.4 Å². The molecule has 0 aromatic heterocycles. The topological polar surface area (TPSA) is 67.4 Å². The van der Waals surface area contributed by atoms with E-state index in [1.807, 2.05) is 31.2 Å². The number of para-hydroxylation sites is 1. The summed E-state index contributed by atoms with van der Waals surface area (Å²) in [7, 11) is 1.48. The Morgan fingerprint density at radius 2 is 1.66 bits per heavy atom. The summed E-state index contributed by atoms with van der Waals surface area (Å²) >= 11 is 6.01. The molecule has 0 unspecified atom stereocenters. The van der Waals surface area contributed by atoms with Gasteiger partial charge in [0.2, 0.25) is 0 Å². The van der Waals surface area contributed by atoms with E-state index in [2.05, 4.69) is 10.6 Å². The van der Waals surface area contributed by atoms with Gasteiger partial charge in [-0.2, -0.15) is 0 Å². The zero-order chi connectivity index (χ0) is 20.8. The van der Waals surface area contributed by atoms with Gasteiger partial charge in [0.25, 0.3) is 11.8 Å². The van der Waals surface area contributed by atoms with E-state index in [-0.39, 0.29) is 11.5 Å². The largest absolute Gasteiger partial charge is 0.496 e. The Hall–Kier alpha value is -3.31. The first-order valence-corrected chi connectivity index (χ1v) is 9.43. The predicted octanol–water partition coefficient (Wildman–Crippen LogP) is 4.84. The van der Waals surface area contributed by atoms with Crippen molar-refractivity contribution in [2.45, 2.75) is 13.5 Å². The monoisotopic (exact) mass is 408 g/mol. The fraction of sp³-hybridized carbons (Fsp3) is 0.130. The average molecular weight is 409 g/mol. The first kappa shape index (κ1) is 20.4. The minimum Gasteiger partial charge on any atom is -0.496 e. The minimum atomic E-state index is -0.414. The molecule has 0 saturated heterocycles. The predicted molar refractivity (Wildman–Crippen MR) is 115 cm³/mol. The lowest BCUT2D eigenvalue weighted by atomic mass is 10.1. The third-order valence-electron chi connectivity index (χ3n) is 4.40. The summed E-state index contributed by atoms with van der Waals surface area (Å²) in [5.74, 6) is -0.295. The van der Waals surface area contributed by atoms with Gasteiger partial charge in [0.1, 0.15) is 5.75 Å². The molecule has 2 amide bonds. The van der Waals surface area contributed by atoms with Crippen molar-refractivity contribution < 1.29 is 14.3 Å². The van der Waals surface area contributed by atoms with Crippen molar-refractivity contribution >= 4 is 29.1 Å². The van der Waals surface area contributed by atoms with Gasteiger partial charge < -0.3 is 15.4 Å². The van der Waals surface area contributed by atoms with Crippen molar-refractivity contribution in [1.82, 2.24) is 5.32 Å². The summed E-state index contributed by atoms with van der Waals surface area (Å²) in [6.45, 7) is 2.40. The van der Waals surface area contributed by atoms with Gasteiger partial charge >= 0.3 is 0 Å². The highest BCUT2D eigenvalue weighted by Gasteiger charge is 2.17. The van der Waals surface area contributed by atoms with E-state index in [0.717, 1.165) is 11.1 Å². The molecule has 5 nitrogen and oxygen atoms in total. The van der Waals surface area contributed by atoms with Crippen molar-refractivity contribution in [3.05, 3.63) is 94.0 Å². The molecule has 0 atom stereocenters. The van der Waals surface area contributed by atoms with E-state index in [4.69, 9.17) is 16.3 Å². The van der Waals surface area contributed by atoms with Crippen LogP contribution < -0.4 is 15.4 Å². The fourth-order valence-electron chi connectivity index (χ4n) is 2.82. The molecule has 0 spiro atoms. The number of rotatable bonds is 6. The second kappa shape index (κ2) is 9.26. The Kier molecular flexibility index (Phi) is 6.52. The van der Waals surface area contributed by atoms with E-state index >= 15 is 0 Å². The van der Waals surface area contributed by atoms with Crippen LogP contribution in [0.15, 0.2) is 66.7 Å². The molecule has 2 N–H and O–H groups in total. The maximum Gasteiger partial charge on any atom is 0.259 e. The standard InChI is InChI=1S/C23H21ClN2O3/c1-15-7-9-16(10-8-15)14-25-22(27)18-5-3-4-6-20(18)26-23(28)19-13-17(24)11-12-21(19)29-2/h3-13H,14H2,1-2H3,(H,25,27)(H,26,28). The van der Waals surface area contributed by atoms with Crippen LogP contribution in [0.1, 0.15) is 31.8 Å². The summed E-state index contributed by atoms with van der Waals surface area (Å²) in [6, 6.07) is 19.5. The zero-order valence-electron chi connectivity index (χ0n) is 16.2. The molecule has 0 aliphatic rings. The number of hydrogen-bond donors (Lipinski definition) is 2. The average Bonchev–Trinajstić information content (AvgIpc) is 2.73. The minimum absolute atomic E-state index is 0.278. The molecule has 6 heteroatoms. The van der Waals surface area contributed by atoms with Crippen molar-refractivity contribution in [2.24, 2.45) is 0 Å². The van der Waals surface area contributed by atoms with Crippen LogP contribution in [0.3, 0.4) is 0 Å². The molecule has 0 heterocycles. The summed E-state index contributed by atoms with van der Waals surface area (Å²) in [5.41, 5.74) is 3.21. The van der Waals surface area contributed by atoms with Crippen LogP contribution in [0.4, 0.5) is 5.69 Å². The molecule has 0 aliphatic carbocycles. The van der Waals surface area contributed by atoms with Gasteiger partial charge in [-0.05, 0) is 42.8 Å². The van der Waals surface area contributed by atoms with Crippen molar-refractivity contribution in [3.63, 3.8) is 0 Å². The number of halogens is 1. The Balaban J connectivity index is 1.76. The van der Waals surface area contributed by atoms with Gasteiger partial charge in [-0.1, -0.05) is 53.6 Å². The van der Waals surface area contributed by atoms with E-state index in [0.29, 0.717) is 28.6 Å². The lowest BCUT2D eigenvalue weighted by molar-refractivity contribution is 0.0952. The van der Waals surface area contributed by atoms with E-state index in [9.17, 15) is 9.59 Å². The molecule has 29 heavy (non-hydrogen) atoms. The van der Waals surface area contributed by atoms with Crippen LogP contribution in [-0.2, 0) is 6.54 Å². The van der Waals surface area contributed by atoms with E-state index in [1.165, 1.54) is 13.2 Å². The smallest absolute Gasteiger partial charge is 0.259 e. The second-order valence-corrected chi connectivity index (χ2v) is 6.95. The van der Waals surface area contributed by atoms with E-state index in [1.54, 1.807) is 36.4 Å². The molecule has 0 saturated carbocycles. The van der Waals surface area contributed by atoms with Crippen LogP contribution in [0.25, 0.3) is 0 Å². The van der Waals surface area contributed by atoms with Gasteiger partial charge in [0.05, 0.1) is 23.9 Å². The van der Waals surface area contributed by atoms with Gasteiger partial charge in [-0.25, -0.2) is 0 Å². The van der Waals surface area contributed by atoms with Crippen LogP contribution in [0.2, 0.25) is 5.02 Å². The molecule has 3 aromatic rings. The maximum atomic E-state index is 12.8. The summed E-state index contributed by atoms with van der Waals surface area (Å²) < 4.78 is 5.23. The van der Waals surface area contributed by atoms with Gasteiger partial charge in [0.15, 0.2) is 0 Å². The lowest BCUT2D eigenvalue weighted by Gasteiger charge is -2.13. The number of amides is 2. The summed E-state index contributed by atoms with van der Waals surface area (Å²) in [5, 5.41) is 6.08. The van der Waals surface area contributed by atoms with Crippen LogP contribution in [0.5, 0.6) is 5.75 Å². The highest BCUT2D eigenvalue weighted by molar-refractivity contribution is 6.31. The maximum absolute atomic E-state index is 12.8. The highest BCUT2D eigenvalue weighted by atomic mass is 35.5. The molecule has 148 valence electrons. The molecule has 3 rings (SSSR count). The molecular formula is C23H21ClN2O3. The quantitative estimate of drug-likeness (QED) is 0.613. The Morgan fingerprint density at radius 3 is 2.38 bits per heavy atom.